The maximum atomic E-state index is 13.8. The van der Waals surface area contributed by atoms with Crippen LogP contribution in [-0.4, -0.2) is 20.0 Å². The highest BCUT2D eigenvalue weighted by molar-refractivity contribution is 7.94. The van der Waals surface area contributed by atoms with Crippen LogP contribution in [-0.2, 0) is 14.6 Å². The van der Waals surface area contributed by atoms with E-state index in [4.69, 9.17) is 0 Å². The van der Waals surface area contributed by atoms with E-state index in [1.54, 1.807) is 55.5 Å². The number of ketones is 2. The second-order valence-electron chi connectivity index (χ2n) is 6.52. The van der Waals surface area contributed by atoms with Crippen LogP contribution >= 0.6 is 0 Å². The molecule has 0 fully saturated rings. The van der Waals surface area contributed by atoms with Crippen molar-refractivity contribution in [1.29, 1.82) is 0 Å². The van der Waals surface area contributed by atoms with Crippen molar-refractivity contribution >= 4 is 21.4 Å². The third kappa shape index (κ3) is 2.18. The van der Waals surface area contributed by atoms with E-state index in [1.807, 2.05) is 0 Å². The normalized spacial score (nSPS) is 15.6. The van der Waals surface area contributed by atoms with Crippen LogP contribution in [0.2, 0.25) is 0 Å². The maximum Gasteiger partial charge on any atom is 0.226 e. The van der Waals surface area contributed by atoms with Crippen LogP contribution in [0.4, 0.5) is 0 Å². The topological polar surface area (TPSA) is 68.3 Å². The summed E-state index contributed by atoms with van der Waals surface area (Å²) < 4.78 is 25.3. The molecule has 0 bridgehead atoms. The van der Waals surface area contributed by atoms with Crippen molar-refractivity contribution in [2.45, 2.75) is 16.6 Å². The van der Waals surface area contributed by atoms with Gasteiger partial charge >= 0.3 is 0 Å². The molecule has 3 aromatic rings. The second kappa shape index (κ2) is 5.99. The Bertz CT molecular complexity index is 1140. The molecule has 0 aromatic heterocycles. The lowest BCUT2D eigenvalue weighted by atomic mass is 9.93. The van der Waals surface area contributed by atoms with Crippen molar-refractivity contribution in [2.24, 2.45) is 0 Å². The third-order valence-corrected chi connectivity index (χ3v) is 7.47. The quantitative estimate of drug-likeness (QED) is 0.653. The first-order valence-corrected chi connectivity index (χ1v) is 9.95. The number of Topliss-reactive ketones (excluding diaryl/α,β-unsaturated/α-hetero) is 2. The molecule has 1 aliphatic carbocycles. The van der Waals surface area contributed by atoms with Crippen molar-refractivity contribution in [3.63, 3.8) is 0 Å². The van der Waals surface area contributed by atoms with E-state index in [0.717, 1.165) is 0 Å². The SMILES string of the molecule is Cc1ccccc1S(=O)(=O)C1(c2ccccc2)C(=O)c2ccccc2C1=O. The summed E-state index contributed by atoms with van der Waals surface area (Å²) in [7, 11) is -4.35. The zero-order chi connectivity index (χ0) is 19.2. The van der Waals surface area contributed by atoms with Gasteiger partial charge in [-0.15, -0.1) is 0 Å². The molecule has 0 amide bonds. The molecule has 4 nitrogen and oxygen atoms in total. The van der Waals surface area contributed by atoms with E-state index in [2.05, 4.69) is 0 Å². The highest BCUT2D eigenvalue weighted by Gasteiger charge is 2.63. The van der Waals surface area contributed by atoms with E-state index >= 15 is 0 Å². The summed E-state index contributed by atoms with van der Waals surface area (Å²) in [6.07, 6.45) is 0. The first kappa shape index (κ1) is 17.4. The molecule has 0 atom stereocenters. The molecule has 0 N–H and O–H groups in total. The number of hydrogen-bond acceptors (Lipinski definition) is 4. The van der Waals surface area contributed by atoms with Gasteiger partial charge in [0.05, 0.1) is 4.90 Å². The van der Waals surface area contributed by atoms with Gasteiger partial charge in [-0.1, -0.05) is 72.8 Å². The minimum Gasteiger partial charge on any atom is -0.291 e. The number of fused-ring (bicyclic) bond motifs is 1. The smallest absolute Gasteiger partial charge is 0.226 e. The molecule has 0 unspecified atom stereocenters. The van der Waals surface area contributed by atoms with Gasteiger partial charge in [0.1, 0.15) is 0 Å². The predicted molar refractivity (Wildman–Crippen MR) is 102 cm³/mol. The first-order valence-electron chi connectivity index (χ1n) is 8.47. The zero-order valence-corrected chi connectivity index (χ0v) is 15.4. The largest absolute Gasteiger partial charge is 0.291 e. The fraction of sp³-hybridized carbons (Fsp3) is 0.0909. The van der Waals surface area contributed by atoms with E-state index < -0.39 is 26.2 Å². The van der Waals surface area contributed by atoms with E-state index in [1.165, 1.54) is 30.3 Å². The molecule has 134 valence electrons. The summed E-state index contributed by atoms with van der Waals surface area (Å²) in [5.74, 6) is -1.39. The van der Waals surface area contributed by atoms with Crippen LogP contribution in [0.3, 0.4) is 0 Å². The summed E-state index contributed by atoms with van der Waals surface area (Å²) >= 11 is 0. The van der Waals surface area contributed by atoms with Gasteiger partial charge in [-0.3, -0.25) is 9.59 Å². The van der Waals surface area contributed by atoms with Gasteiger partial charge in [0, 0.05) is 11.1 Å². The molecule has 0 heterocycles. The van der Waals surface area contributed by atoms with Crippen LogP contribution in [0.25, 0.3) is 0 Å². The standard InChI is InChI=1S/C22H16O4S/c1-15-9-5-8-14-19(15)27(25,26)22(16-10-3-2-4-11-16)20(23)17-12-6-7-13-18(17)21(22)24/h2-14H,1H3. The number of hydrogen-bond donors (Lipinski definition) is 0. The van der Waals surface area contributed by atoms with Crippen molar-refractivity contribution in [2.75, 3.05) is 0 Å². The lowest BCUT2D eigenvalue weighted by Crippen LogP contribution is -2.46. The summed E-state index contributed by atoms with van der Waals surface area (Å²) in [5, 5.41) is 0. The summed E-state index contributed by atoms with van der Waals surface area (Å²) in [4.78, 5) is 26.9. The number of rotatable bonds is 3. The zero-order valence-electron chi connectivity index (χ0n) is 14.5. The van der Waals surface area contributed by atoms with E-state index in [0.29, 0.717) is 5.56 Å². The number of carbonyl (C=O) groups excluding carboxylic acids is 2. The first-order chi connectivity index (χ1) is 12.9. The molecular formula is C22H16O4S. The molecule has 0 radical (unpaired) electrons. The Hall–Kier alpha value is -3.05. The average Bonchev–Trinajstić information content (AvgIpc) is 2.91. The molecule has 4 rings (SSSR count). The summed E-state index contributed by atoms with van der Waals surface area (Å²) in [6.45, 7) is 1.66. The van der Waals surface area contributed by atoms with Gasteiger partial charge in [-0.05, 0) is 24.1 Å². The fourth-order valence-corrected chi connectivity index (χ4v) is 5.95. The van der Waals surface area contributed by atoms with Crippen LogP contribution in [0.5, 0.6) is 0 Å². The van der Waals surface area contributed by atoms with E-state index in [-0.39, 0.29) is 21.6 Å². The molecule has 0 saturated carbocycles. The lowest BCUT2D eigenvalue weighted by molar-refractivity contribution is 0.0860. The predicted octanol–water partition coefficient (Wildman–Crippen LogP) is 3.74. The van der Waals surface area contributed by atoms with Crippen molar-refractivity contribution in [1.82, 2.24) is 0 Å². The minimum absolute atomic E-state index is 0.0108. The number of sulfone groups is 1. The highest BCUT2D eigenvalue weighted by Crippen LogP contribution is 2.47. The van der Waals surface area contributed by atoms with Gasteiger partial charge in [-0.2, -0.15) is 0 Å². The Morgan fingerprint density at radius 3 is 1.70 bits per heavy atom. The van der Waals surface area contributed by atoms with Crippen molar-refractivity contribution < 1.29 is 18.0 Å². The molecule has 27 heavy (non-hydrogen) atoms. The van der Waals surface area contributed by atoms with Crippen LogP contribution in [0, 0.1) is 6.92 Å². The Balaban J connectivity index is 2.12. The summed E-state index contributed by atoms with van der Waals surface area (Å²) in [5.41, 5.74) is 0.941. The van der Waals surface area contributed by atoms with Crippen LogP contribution in [0.15, 0.2) is 83.8 Å². The molecule has 0 saturated heterocycles. The molecule has 1 aliphatic rings. The third-order valence-electron chi connectivity index (χ3n) is 5.02. The Labute approximate surface area is 157 Å². The number of benzene rings is 3. The fourth-order valence-electron chi connectivity index (χ4n) is 3.72. The lowest BCUT2D eigenvalue weighted by Gasteiger charge is -2.27. The summed E-state index contributed by atoms with van der Waals surface area (Å²) in [6, 6.07) is 20.7. The number of aryl methyl sites for hydroxylation is 1. The Morgan fingerprint density at radius 2 is 1.15 bits per heavy atom. The maximum absolute atomic E-state index is 13.8. The average molecular weight is 376 g/mol. The second-order valence-corrected chi connectivity index (χ2v) is 8.58. The molecule has 5 heteroatoms. The Morgan fingerprint density at radius 1 is 0.667 bits per heavy atom. The van der Waals surface area contributed by atoms with Crippen molar-refractivity contribution in [3.8, 4) is 0 Å². The number of carbonyl (C=O) groups is 2. The van der Waals surface area contributed by atoms with E-state index in [9.17, 15) is 18.0 Å². The van der Waals surface area contributed by atoms with Gasteiger partial charge in [0.15, 0.2) is 11.6 Å². The van der Waals surface area contributed by atoms with Crippen molar-refractivity contribution in [3.05, 3.63) is 101 Å². The molecule has 0 aliphatic heterocycles. The van der Waals surface area contributed by atoms with Gasteiger partial charge in [-0.25, -0.2) is 8.42 Å². The van der Waals surface area contributed by atoms with Gasteiger partial charge in [0.2, 0.25) is 14.6 Å². The van der Waals surface area contributed by atoms with Crippen LogP contribution < -0.4 is 0 Å². The molecule has 0 spiro atoms. The minimum atomic E-state index is -4.35. The Kier molecular flexibility index (Phi) is 3.86. The highest BCUT2D eigenvalue weighted by atomic mass is 32.2. The van der Waals surface area contributed by atoms with Crippen LogP contribution in [0.1, 0.15) is 31.8 Å². The molecular weight excluding hydrogens is 360 g/mol. The van der Waals surface area contributed by atoms with Gasteiger partial charge < -0.3 is 0 Å². The monoisotopic (exact) mass is 376 g/mol. The van der Waals surface area contributed by atoms with Gasteiger partial charge in [0.25, 0.3) is 0 Å². The molecule has 3 aromatic carbocycles.